The fraction of sp³-hybridized carbons (Fsp3) is 0.385. The van der Waals surface area contributed by atoms with Crippen LogP contribution in [0.25, 0.3) is 0 Å². The van der Waals surface area contributed by atoms with Crippen molar-refractivity contribution in [3.8, 4) is 0 Å². The number of non-ortho nitro benzene ring substituents is 1. The highest BCUT2D eigenvalue weighted by molar-refractivity contribution is 5.98. The molecule has 0 aromatic heterocycles. The van der Waals surface area contributed by atoms with Crippen molar-refractivity contribution in [2.45, 2.75) is 25.8 Å². The average Bonchev–Trinajstić information content (AvgIpc) is 2.87. The predicted octanol–water partition coefficient (Wildman–Crippen LogP) is 1.59. The monoisotopic (exact) mass is 278 g/mol. The van der Waals surface area contributed by atoms with Crippen molar-refractivity contribution in [3.63, 3.8) is 0 Å². The van der Waals surface area contributed by atoms with E-state index in [2.05, 4.69) is 0 Å². The van der Waals surface area contributed by atoms with Gasteiger partial charge < -0.3 is 10.0 Å². The minimum Gasteiger partial charge on any atom is -0.480 e. The van der Waals surface area contributed by atoms with Crippen molar-refractivity contribution in [1.29, 1.82) is 0 Å². The lowest BCUT2D eigenvalue weighted by Crippen LogP contribution is -2.40. The number of amides is 1. The Morgan fingerprint density at radius 1 is 1.45 bits per heavy atom. The number of aryl methyl sites for hydroxylation is 1. The van der Waals surface area contributed by atoms with Gasteiger partial charge in [-0.05, 0) is 25.3 Å². The van der Waals surface area contributed by atoms with Gasteiger partial charge in [-0.1, -0.05) is 6.07 Å². The van der Waals surface area contributed by atoms with Gasteiger partial charge in [0.25, 0.3) is 11.6 Å². The van der Waals surface area contributed by atoms with Crippen LogP contribution in [0.2, 0.25) is 0 Å². The number of carbonyl (C=O) groups excluding carboxylic acids is 1. The first-order valence-electron chi connectivity index (χ1n) is 6.20. The van der Waals surface area contributed by atoms with Gasteiger partial charge in [0.15, 0.2) is 0 Å². The number of likely N-dealkylation sites (tertiary alicyclic amines) is 1. The molecule has 2 rings (SSSR count). The molecule has 1 saturated heterocycles. The number of carboxylic acid groups (broad SMARTS) is 1. The minimum atomic E-state index is -1.04. The van der Waals surface area contributed by atoms with E-state index in [4.69, 9.17) is 5.11 Å². The van der Waals surface area contributed by atoms with Crippen LogP contribution < -0.4 is 0 Å². The standard InChI is InChI=1S/C13H14N2O5/c1-8-4-5-9(15(19)20)7-10(8)12(16)14-6-2-3-11(14)13(17)18/h4-5,7,11H,2-3,6H2,1H3,(H,17,18)/t11-/m0/s1. The van der Waals surface area contributed by atoms with Crippen molar-refractivity contribution in [2.24, 2.45) is 0 Å². The molecule has 20 heavy (non-hydrogen) atoms. The van der Waals surface area contributed by atoms with Gasteiger partial charge in [0.1, 0.15) is 6.04 Å². The van der Waals surface area contributed by atoms with E-state index in [0.29, 0.717) is 24.9 Å². The highest BCUT2D eigenvalue weighted by atomic mass is 16.6. The number of nitro benzene ring substituents is 1. The summed E-state index contributed by atoms with van der Waals surface area (Å²) < 4.78 is 0. The molecule has 1 N–H and O–H groups in total. The molecule has 0 unspecified atom stereocenters. The Balaban J connectivity index is 2.35. The van der Waals surface area contributed by atoms with E-state index in [9.17, 15) is 19.7 Å². The first kappa shape index (κ1) is 14.0. The fourth-order valence-corrected chi connectivity index (χ4v) is 2.38. The number of carbonyl (C=O) groups is 2. The quantitative estimate of drug-likeness (QED) is 0.668. The van der Waals surface area contributed by atoms with E-state index in [0.717, 1.165) is 0 Å². The summed E-state index contributed by atoms with van der Waals surface area (Å²) in [5, 5.41) is 19.9. The maximum atomic E-state index is 12.4. The molecular formula is C13H14N2O5. The van der Waals surface area contributed by atoms with E-state index >= 15 is 0 Å². The lowest BCUT2D eigenvalue weighted by atomic mass is 10.1. The Hall–Kier alpha value is -2.44. The van der Waals surface area contributed by atoms with Crippen LogP contribution >= 0.6 is 0 Å². The molecule has 1 atom stereocenters. The van der Waals surface area contributed by atoms with Crippen LogP contribution in [-0.4, -0.2) is 39.4 Å². The van der Waals surface area contributed by atoms with E-state index in [1.54, 1.807) is 6.92 Å². The molecule has 7 nitrogen and oxygen atoms in total. The number of aliphatic carboxylic acids is 1. The third-order valence-corrected chi connectivity index (χ3v) is 3.46. The van der Waals surface area contributed by atoms with Crippen molar-refractivity contribution >= 4 is 17.6 Å². The van der Waals surface area contributed by atoms with Gasteiger partial charge in [-0.25, -0.2) is 4.79 Å². The second-order valence-corrected chi connectivity index (χ2v) is 4.75. The molecule has 106 valence electrons. The predicted molar refractivity (Wildman–Crippen MR) is 69.5 cm³/mol. The van der Waals surface area contributed by atoms with Crippen LogP contribution in [0.1, 0.15) is 28.8 Å². The summed E-state index contributed by atoms with van der Waals surface area (Å²) in [6.45, 7) is 2.03. The smallest absolute Gasteiger partial charge is 0.326 e. The van der Waals surface area contributed by atoms with Gasteiger partial charge in [0, 0.05) is 24.2 Å². The topological polar surface area (TPSA) is 101 Å². The zero-order valence-electron chi connectivity index (χ0n) is 10.9. The Morgan fingerprint density at radius 3 is 2.75 bits per heavy atom. The fourth-order valence-electron chi connectivity index (χ4n) is 2.38. The van der Waals surface area contributed by atoms with E-state index in [-0.39, 0.29) is 11.3 Å². The first-order valence-corrected chi connectivity index (χ1v) is 6.20. The van der Waals surface area contributed by atoms with Crippen molar-refractivity contribution < 1.29 is 19.6 Å². The SMILES string of the molecule is Cc1ccc([N+](=O)[O-])cc1C(=O)N1CCC[C@H]1C(=O)O. The number of hydrogen-bond donors (Lipinski definition) is 1. The highest BCUT2D eigenvalue weighted by Gasteiger charge is 2.35. The number of rotatable bonds is 3. The maximum absolute atomic E-state index is 12.4. The lowest BCUT2D eigenvalue weighted by Gasteiger charge is -2.22. The first-order chi connectivity index (χ1) is 9.41. The molecule has 0 bridgehead atoms. The lowest BCUT2D eigenvalue weighted by molar-refractivity contribution is -0.384. The third kappa shape index (κ3) is 2.47. The molecule has 7 heteroatoms. The highest BCUT2D eigenvalue weighted by Crippen LogP contribution is 2.24. The Bertz CT molecular complexity index is 584. The Labute approximate surface area is 115 Å². The van der Waals surface area contributed by atoms with Crippen LogP contribution in [0.15, 0.2) is 18.2 Å². The third-order valence-electron chi connectivity index (χ3n) is 3.46. The number of nitro groups is 1. The molecule has 1 amide bonds. The van der Waals surface area contributed by atoms with Gasteiger partial charge in [-0.3, -0.25) is 14.9 Å². The summed E-state index contributed by atoms with van der Waals surface area (Å²) in [6.07, 6.45) is 1.03. The second-order valence-electron chi connectivity index (χ2n) is 4.75. The molecular weight excluding hydrogens is 264 g/mol. The average molecular weight is 278 g/mol. The summed E-state index contributed by atoms with van der Waals surface area (Å²) >= 11 is 0. The molecule has 0 saturated carbocycles. The number of carboxylic acids is 1. The summed E-state index contributed by atoms with van der Waals surface area (Å²) in [7, 11) is 0. The normalized spacial score (nSPS) is 18.1. The zero-order chi connectivity index (χ0) is 14.9. The second kappa shape index (κ2) is 5.28. The summed E-state index contributed by atoms with van der Waals surface area (Å²) in [4.78, 5) is 35.0. The van der Waals surface area contributed by atoms with Gasteiger partial charge in [-0.15, -0.1) is 0 Å². The molecule has 1 aliphatic heterocycles. The van der Waals surface area contributed by atoms with Crippen LogP contribution in [0.4, 0.5) is 5.69 Å². The molecule has 1 aromatic rings. The van der Waals surface area contributed by atoms with Gasteiger partial charge in [-0.2, -0.15) is 0 Å². The van der Waals surface area contributed by atoms with Crippen LogP contribution in [-0.2, 0) is 4.79 Å². The van der Waals surface area contributed by atoms with Crippen LogP contribution in [0.3, 0.4) is 0 Å². The van der Waals surface area contributed by atoms with Crippen molar-refractivity contribution in [2.75, 3.05) is 6.54 Å². The molecule has 0 radical (unpaired) electrons. The molecule has 1 fully saturated rings. The molecule has 0 spiro atoms. The van der Waals surface area contributed by atoms with Crippen molar-refractivity contribution in [1.82, 2.24) is 4.90 Å². The Morgan fingerprint density at radius 2 is 2.15 bits per heavy atom. The summed E-state index contributed by atoms with van der Waals surface area (Å²) in [5.41, 5.74) is 0.606. The maximum Gasteiger partial charge on any atom is 0.326 e. The van der Waals surface area contributed by atoms with Crippen LogP contribution in [0.5, 0.6) is 0 Å². The van der Waals surface area contributed by atoms with Gasteiger partial charge in [0.05, 0.1) is 4.92 Å². The Kier molecular flexibility index (Phi) is 3.69. The van der Waals surface area contributed by atoms with Gasteiger partial charge >= 0.3 is 5.97 Å². The molecule has 1 heterocycles. The summed E-state index contributed by atoms with van der Waals surface area (Å²) in [6, 6.07) is 3.18. The molecule has 0 aliphatic carbocycles. The summed E-state index contributed by atoms with van der Waals surface area (Å²) in [5.74, 6) is -1.50. The largest absolute Gasteiger partial charge is 0.480 e. The minimum absolute atomic E-state index is 0.176. The van der Waals surface area contributed by atoms with Crippen LogP contribution in [0, 0.1) is 17.0 Å². The molecule has 1 aliphatic rings. The van der Waals surface area contributed by atoms with E-state index < -0.39 is 22.8 Å². The number of hydrogen-bond acceptors (Lipinski definition) is 4. The molecule has 1 aromatic carbocycles. The van der Waals surface area contributed by atoms with Gasteiger partial charge in [0.2, 0.25) is 0 Å². The number of benzene rings is 1. The van der Waals surface area contributed by atoms with E-state index in [1.165, 1.54) is 23.1 Å². The number of nitrogens with zero attached hydrogens (tertiary/aromatic N) is 2. The van der Waals surface area contributed by atoms with E-state index in [1.807, 2.05) is 0 Å². The van der Waals surface area contributed by atoms with Crippen molar-refractivity contribution in [3.05, 3.63) is 39.4 Å². The zero-order valence-corrected chi connectivity index (χ0v) is 10.9.